The number of azo groups is 1. The quantitative estimate of drug-likeness (QED) is 0.547. The molecule has 0 radical (unpaired) electrons. The molecule has 0 saturated carbocycles. The molecule has 140 valence electrons. The molecule has 0 amide bonds. The third kappa shape index (κ3) is 3.52. The molecule has 1 aliphatic heterocycles. The molecule has 1 saturated heterocycles. The molecule has 2 aromatic heterocycles. The van der Waals surface area contributed by atoms with Crippen molar-refractivity contribution in [2.24, 2.45) is 10.2 Å². The van der Waals surface area contributed by atoms with Crippen molar-refractivity contribution < 1.29 is 4.39 Å². The summed E-state index contributed by atoms with van der Waals surface area (Å²) in [5, 5.41) is 16.2. The molecule has 0 spiro atoms. The minimum atomic E-state index is -0.496. The first-order valence-corrected chi connectivity index (χ1v) is 9.06. The molecule has 8 heteroatoms. The molecule has 4 rings (SSSR count). The van der Waals surface area contributed by atoms with E-state index in [0.29, 0.717) is 11.3 Å². The smallest absolute Gasteiger partial charge is 0.156 e. The zero-order chi connectivity index (χ0) is 19.0. The number of aromatic nitrogens is 3. The van der Waals surface area contributed by atoms with Gasteiger partial charge in [-0.3, -0.25) is 0 Å². The average Bonchev–Trinajstić information content (AvgIpc) is 3.02. The normalized spacial score (nSPS) is 15.8. The van der Waals surface area contributed by atoms with Gasteiger partial charge in [0.25, 0.3) is 0 Å². The van der Waals surface area contributed by atoms with Crippen molar-refractivity contribution in [1.29, 1.82) is 0 Å². The van der Waals surface area contributed by atoms with E-state index in [1.165, 1.54) is 6.07 Å². The Morgan fingerprint density at radius 3 is 2.74 bits per heavy atom. The van der Waals surface area contributed by atoms with Crippen LogP contribution in [0.15, 0.2) is 34.6 Å². The number of imidazole rings is 1. The highest BCUT2D eigenvalue weighted by molar-refractivity contribution is 5.73. The van der Waals surface area contributed by atoms with Gasteiger partial charge in [0, 0.05) is 5.56 Å². The van der Waals surface area contributed by atoms with Gasteiger partial charge in [0.2, 0.25) is 0 Å². The predicted octanol–water partition coefficient (Wildman–Crippen LogP) is 3.57. The number of halogens is 1. The maximum absolute atomic E-state index is 14.7. The van der Waals surface area contributed by atoms with E-state index in [9.17, 15) is 4.39 Å². The molecular weight excluding hydrogens is 345 g/mol. The van der Waals surface area contributed by atoms with Gasteiger partial charge in [0.05, 0.1) is 29.3 Å². The van der Waals surface area contributed by atoms with Crippen LogP contribution < -0.4 is 11.1 Å². The number of benzene rings is 1. The number of nitrogens with zero attached hydrogens (tertiary/aromatic N) is 5. The van der Waals surface area contributed by atoms with Crippen molar-refractivity contribution in [1.82, 2.24) is 19.9 Å². The number of nitrogen functional groups attached to an aromatic ring is 1. The van der Waals surface area contributed by atoms with Crippen LogP contribution in [0.3, 0.4) is 0 Å². The SMILES string of the molecule is Cc1cn2nc(-c3cc(N)c(N=NC4CCNCC4)c(F)c3)cc(C)c2n1. The lowest BCUT2D eigenvalue weighted by Gasteiger charge is -2.17. The summed E-state index contributed by atoms with van der Waals surface area (Å²) in [6.07, 6.45) is 3.64. The third-order valence-electron chi connectivity index (χ3n) is 4.75. The van der Waals surface area contributed by atoms with Gasteiger partial charge < -0.3 is 11.1 Å². The third-order valence-corrected chi connectivity index (χ3v) is 4.75. The first-order chi connectivity index (χ1) is 13.0. The standard InChI is InChI=1S/C19H22FN7/c1-11-7-17(26-27-10-12(2)23-19(11)27)13-8-15(20)18(16(21)9-13)25-24-14-3-5-22-6-4-14/h7-10,14,22H,3-6,21H2,1-2H3. The highest BCUT2D eigenvalue weighted by Crippen LogP contribution is 2.32. The maximum Gasteiger partial charge on any atom is 0.156 e. The van der Waals surface area contributed by atoms with Gasteiger partial charge in [0.1, 0.15) is 5.69 Å². The number of fused-ring (bicyclic) bond motifs is 1. The Hall–Kier alpha value is -2.87. The van der Waals surface area contributed by atoms with Gasteiger partial charge in [-0.25, -0.2) is 13.9 Å². The van der Waals surface area contributed by atoms with Crippen molar-refractivity contribution in [3.05, 3.63) is 41.5 Å². The lowest BCUT2D eigenvalue weighted by atomic mass is 10.1. The molecule has 3 aromatic rings. The van der Waals surface area contributed by atoms with E-state index in [1.54, 1.807) is 10.6 Å². The lowest BCUT2D eigenvalue weighted by Crippen LogP contribution is -2.29. The number of nitrogens with two attached hydrogens (primary N) is 1. The zero-order valence-electron chi connectivity index (χ0n) is 15.4. The minimum absolute atomic E-state index is 0.0913. The number of hydrogen-bond donors (Lipinski definition) is 2. The summed E-state index contributed by atoms with van der Waals surface area (Å²) in [5.74, 6) is -0.496. The fraction of sp³-hybridized carbons (Fsp3) is 0.368. The van der Waals surface area contributed by atoms with E-state index in [-0.39, 0.29) is 17.4 Å². The molecule has 0 aliphatic carbocycles. The largest absolute Gasteiger partial charge is 0.397 e. The Morgan fingerprint density at radius 1 is 1.22 bits per heavy atom. The number of piperidine rings is 1. The number of aryl methyl sites for hydroxylation is 2. The van der Waals surface area contributed by atoms with Crippen molar-refractivity contribution in [2.45, 2.75) is 32.7 Å². The molecule has 1 aromatic carbocycles. The van der Waals surface area contributed by atoms with Crippen molar-refractivity contribution in [2.75, 3.05) is 18.8 Å². The summed E-state index contributed by atoms with van der Waals surface area (Å²) < 4.78 is 16.4. The van der Waals surface area contributed by atoms with Gasteiger partial charge >= 0.3 is 0 Å². The minimum Gasteiger partial charge on any atom is -0.397 e. The van der Waals surface area contributed by atoms with E-state index < -0.39 is 5.82 Å². The van der Waals surface area contributed by atoms with Crippen LogP contribution in [0.1, 0.15) is 24.1 Å². The van der Waals surface area contributed by atoms with Crippen LogP contribution in [-0.2, 0) is 0 Å². The van der Waals surface area contributed by atoms with Gasteiger partial charge in [-0.05, 0) is 63.5 Å². The Balaban J connectivity index is 1.68. The van der Waals surface area contributed by atoms with Crippen LogP contribution in [0, 0.1) is 19.7 Å². The number of nitrogens with one attached hydrogen (secondary N) is 1. The second-order valence-electron chi connectivity index (χ2n) is 6.96. The molecule has 3 heterocycles. The number of rotatable bonds is 3. The number of anilines is 1. The average molecular weight is 367 g/mol. The summed E-state index contributed by atoms with van der Waals surface area (Å²) in [4.78, 5) is 4.44. The Labute approximate surface area is 156 Å². The molecular formula is C19H22FN7. The fourth-order valence-corrected chi connectivity index (χ4v) is 3.32. The summed E-state index contributed by atoms with van der Waals surface area (Å²) in [5.41, 5.74) is 10.3. The maximum atomic E-state index is 14.7. The first kappa shape index (κ1) is 17.5. The molecule has 27 heavy (non-hydrogen) atoms. The van der Waals surface area contributed by atoms with Gasteiger partial charge in [0.15, 0.2) is 11.5 Å². The van der Waals surface area contributed by atoms with Gasteiger partial charge in [-0.1, -0.05) is 0 Å². The van der Waals surface area contributed by atoms with Crippen LogP contribution in [-0.4, -0.2) is 33.7 Å². The summed E-state index contributed by atoms with van der Waals surface area (Å²) in [6.45, 7) is 5.67. The van der Waals surface area contributed by atoms with Crippen molar-refractivity contribution >= 4 is 17.0 Å². The topological polar surface area (TPSA) is 93.0 Å². The van der Waals surface area contributed by atoms with E-state index >= 15 is 0 Å². The molecule has 0 unspecified atom stereocenters. The molecule has 1 fully saturated rings. The molecule has 0 atom stereocenters. The summed E-state index contributed by atoms with van der Waals surface area (Å²) in [7, 11) is 0. The van der Waals surface area contributed by atoms with Gasteiger partial charge in [-0.15, -0.1) is 0 Å². The van der Waals surface area contributed by atoms with E-state index in [4.69, 9.17) is 5.73 Å². The Kier molecular flexibility index (Phi) is 4.57. The van der Waals surface area contributed by atoms with Gasteiger partial charge in [-0.2, -0.15) is 15.3 Å². The molecule has 1 aliphatic rings. The second kappa shape index (κ2) is 7.03. The zero-order valence-corrected chi connectivity index (χ0v) is 15.4. The van der Waals surface area contributed by atoms with Crippen LogP contribution in [0.25, 0.3) is 16.9 Å². The highest BCUT2D eigenvalue weighted by atomic mass is 19.1. The van der Waals surface area contributed by atoms with Crippen molar-refractivity contribution in [3.8, 4) is 11.3 Å². The lowest BCUT2D eigenvalue weighted by molar-refractivity contribution is 0.448. The van der Waals surface area contributed by atoms with Crippen molar-refractivity contribution in [3.63, 3.8) is 0 Å². The van der Waals surface area contributed by atoms with E-state index in [0.717, 1.165) is 42.8 Å². The molecule has 3 N–H and O–H groups in total. The number of hydrogen-bond acceptors (Lipinski definition) is 6. The predicted molar refractivity (Wildman–Crippen MR) is 103 cm³/mol. The highest BCUT2D eigenvalue weighted by Gasteiger charge is 2.15. The van der Waals surface area contributed by atoms with Crippen LogP contribution >= 0.6 is 0 Å². The Bertz CT molecular complexity index is 995. The molecule has 0 bridgehead atoms. The van der Waals surface area contributed by atoms with Crippen LogP contribution in [0.2, 0.25) is 0 Å². The fourth-order valence-electron chi connectivity index (χ4n) is 3.32. The Morgan fingerprint density at radius 2 is 2.00 bits per heavy atom. The molecule has 7 nitrogen and oxygen atoms in total. The monoisotopic (exact) mass is 367 g/mol. The summed E-state index contributed by atoms with van der Waals surface area (Å²) >= 11 is 0. The second-order valence-corrected chi connectivity index (χ2v) is 6.96. The first-order valence-electron chi connectivity index (χ1n) is 9.06. The summed E-state index contributed by atoms with van der Waals surface area (Å²) in [6, 6.07) is 5.09. The van der Waals surface area contributed by atoms with Crippen LogP contribution in [0.4, 0.5) is 15.8 Å². The van der Waals surface area contributed by atoms with E-state index in [1.807, 2.05) is 26.1 Å². The van der Waals surface area contributed by atoms with E-state index in [2.05, 4.69) is 25.6 Å². The van der Waals surface area contributed by atoms with Crippen LogP contribution in [0.5, 0.6) is 0 Å².